The topological polar surface area (TPSA) is 147 Å². The maximum atomic E-state index is 10.7. The molecule has 3 rings (SSSR count). The van der Waals surface area contributed by atoms with Crippen molar-refractivity contribution in [2.24, 2.45) is 0 Å². The molecule has 9 nitrogen and oxygen atoms in total. The van der Waals surface area contributed by atoms with Gasteiger partial charge in [-0.1, -0.05) is 11.6 Å². The maximum absolute atomic E-state index is 10.7. The van der Waals surface area contributed by atoms with E-state index in [4.69, 9.17) is 23.1 Å². The first-order valence-corrected chi connectivity index (χ1v) is 6.34. The van der Waals surface area contributed by atoms with E-state index in [1.165, 1.54) is 24.3 Å². The molecule has 0 aliphatic rings. The van der Waals surface area contributed by atoms with Crippen molar-refractivity contribution in [3.8, 4) is 11.3 Å². The SMILES string of the molecule is Nc1nc(N)c2nc(-c3ccc([N+](=O)[O-])cc3)c(Cl)nc2n1. The highest BCUT2D eigenvalue weighted by Crippen LogP contribution is 2.29. The molecular weight excluding hydrogens is 310 g/mol. The predicted molar refractivity (Wildman–Crippen MR) is 81.1 cm³/mol. The van der Waals surface area contributed by atoms with Gasteiger partial charge in [-0.15, -0.1) is 0 Å². The van der Waals surface area contributed by atoms with E-state index in [1.54, 1.807) is 0 Å². The number of nitrogens with zero attached hydrogens (tertiary/aromatic N) is 5. The molecule has 0 amide bonds. The summed E-state index contributed by atoms with van der Waals surface area (Å²) in [4.78, 5) is 26.3. The largest absolute Gasteiger partial charge is 0.382 e. The molecule has 22 heavy (non-hydrogen) atoms. The number of anilines is 2. The summed E-state index contributed by atoms with van der Waals surface area (Å²) in [6.07, 6.45) is 0. The minimum atomic E-state index is -0.494. The first-order valence-electron chi connectivity index (χ1n) is 5.97. The standard InChI is InChI=1S/C12H8ClN7O2/c13-9-7(5-1-3-6(4-2-5)20(21)22)16-8-10(14)18-12(15)19-11(8)17-9/h1-4H,(H4,14,15,17,18,19). The molecule has 2 aromatic heterocycles. The van der Waals surface area contributed by atoms with Gasteiger partial charge in [0.05, 0.1) is 4.92 Å². The molecule has 0 atom stereocenters. The number of aromatic nitrogens is 4. The molecule has 2 heterocycles. The van der Waals surface area contributed by atoms with Crippen LogP contribution in [-0.2, 0) is 0 Å². The smallest absolute Gasteiger partial charge is 0.269 e. The first-order chi connectivity index (χ1) is 10.5. The van der Waals surface area contributed by atoms with E-state index in [0.29, 0.717) is 11.3 Å². The fraction of sp³-hybridized carbons (Fsp3) is 0. The molecule has 10 heteroatoms. The normalized spacial score (nSPS) is 10.8. The molecule has 0 aliphatic carbocycles. The number of nitro benzene ring substituents is 1. The molecule has 0 bridgehead atoms. The Hall–Kier alpha value is -3.07. The molecule has 0 radical (unpaired) electrons. The summed E-state index contributed by atoms with van der Waals surface area (Å²) in [6.45, 7) is 0. The van der Waals surface area contributed by atoms with Crippen molar-refractivity contribution in [3.63, 3.8) is 0 Å². The van der Waals surface area contributed by atoms with Crippen LogP contribution < -0.4 is 11.5 Å². The molecule has 0 spiro atoms. The van der Waals surface area contributed by atoms with Gasteiger partial charge >= 0.3 is 0 Å². The monoisotopic (exact) mass is 317 g/mol. The Morgan fingerprint density at radius 1 is 1.05 bits per heavy atom. The third kappa shape index (κ3) is 2.33. The lowest BCUT2D eigenvalue weighted by Gasteiger charge is -2.06. The number of rotatable bonds is 2. The van der Waals surface area contributed by atoms with E-state index in [1.807, 2.05) is 0 Å². The molecule has 0 saturated carbocycles. The number of hydrogen-bond donors (Lipinski definition) is 2. The van der Waals surface area contributed by atoms with Gasteiger partial charge in [-0.2, -0.15) is 9.97 Å². The van der Waals surface area contributed by atoms with Crippen molar-refractivity contribution in [1.29, 1.82) is 0 Å². The van der Waals surface area contributed by atoms with Gasteiger partial charge in [-0.05, 0) is 12.1 Å². The van der Waals surface area contributed by atoms with Crippen LogP contribution in [0.1, 0.15) is 0 Å². The van der Waals surface area contributed by atoms with Gasteiger partial charge in [0.2, 0.25) is 5.95 Å². The maximum Gasteiger partial charge on any atom is 0.269 e. The lowest BCUT2D eigenvalue weighted by molar-refractivity contribution is -0.384. The van der Waals surface area contributed by atoms with Crippen molar-refractivity contribution >= 4 is 40.2 Å². The van der Waals surface area contributed by atoms with Crippen LogP contribution >= 0.6 is 11.6 Å². The van der Waals surface area contributed by atoms with Crippen LogP contribution in [0.4, 0.5) is 17.5 Å². The molecular formula is C12H8ClN7O2. The summed E-state index contributed by atoms with van der Waals surface area (Å²) in [7, 11) is 0. The summed E-state index contributed by atoms with van der Waals surface area (Å²) in [5.41, 5.74) is 12.5. The number of hydrogen-bond acceptors (Lipinski definition) is 8. The van der Waals surface area contributed by atoms with Crippen LogP contribution in [-0.4, -0.2) is 24.9 Å². The average molecular weight is 318 g/mol. The molecule has 110 valence electrons. The Kier molecular flexibility index (Phi) is 3.18. The summed E-state index contributed by atoms with van der Waals surface area (Å²) >= 11 is 6.10. The number of fused-ring (bicyclic) bond motifs is 1. The van der Waals surface area contributed by atoms with Crippen LogP contribution in [0.5, 0.6) is 0 Å². The van der Waals surface area contributed by atoms with Crippen molar-refractivity contribution in [3.05, 3.63) is 39.5 Å². The van der Waals surface area contributed by atoms with E-state index < -0.39 is 4.92 Å². The molecule has 4 N–H and O–H groups in total. The van der Waals surface area contributed by atoms with Crippen LogP contribution in [0.25, 0.3) is 22.4 Å². The molecule has 3 aromatic rings. The van der Waals surface area contributed by atoms with E-state index in [-0.39, 0.29) is 33.8 Å². The van der Waals surface area contributed by atoms with E-state index >= 15 is 0 Å². The molecule has 0 aliphatic heterocycles. The Balaban J connectivity index is 2.18. The Bertz CT molecular complexity index is 898. The van der Waals surface area contributed by atoms with Crippen molar-refractivity contribution in [2.45, 2.75) is 0 Å². The summed E-state index contributed by atoms with van der Waals surface area (Å²) < 4.78 is 0. The zero-order chi connectivity index (χ0) is 15.9. The zero-order valence-corrected chi connectivity index (χ0v) is 11.7. The fourth-order valence-electron chi connectivity index (χ4n) is 1.89. The molecule has 0 unspecified atom stereocenters. The second-order valence-corrected chi connectivity index (χ2v) is 4.66. The summed E-state index contributed by atoms with van der Waals surface area (Å²) in [5.74, 6) is 0.0493. The van der Waals surface area contributed by atoms with Crippen LogP contribution in [0, 0.1) is 10.1 Å². The highest BCUT2D eigenvalue weighted by atomic mass is 35.5. The summed E-state index contributed by atoms with van der Waals surface area (Å²) in [6, 6.07) is 5.74. The predicted octanol–water partition coefficient (Wildman–Crippen LogP) is 1.81. The number of nitrogen functional groups attached to an aromatic ring is 2. The quantitative estimate of drug-likeness (QED) is 0.537. The second-order valence-electron chi connectivity index (χ2n) is 4.31. The van der Waals surface area contributed by atoms with Gasteiger partial charge in [-0.25, -0.2) is 9.97 Å². The van der Waals surface area contributed by atoms with Crippen LogP contribution in [0.15, 0.2) is 24.3 Å². The number of non-ortho nitro benzene ring substituents is 1. The van der Waals surface area contributed by atoms with Crippen molar-refractivity contribution < 1.29 is 4.92 Å². The fourth-order valence-corrected chi connectivity index (χ4v) is 2.12. The molecule has 0 saturated heterocycles. The van der Waals surface area contributed by atoms with Crippen molar-refractivity contribution in [2.75, 3.05) is 11.5 Å². The number of halogens is 1. The Labute approximate surface area is 128 Å². The number of nitrogens with two attached hydrogens (primary N) is 2. The Morgan fingerprint density at radius 3 is 2.36 bits per heavy atom. The van der Waals surface area contributed by atoms with E-state index in [9.17, 15) is 10.1 Å². The van der Waals surface area contributed by atoms with Crippen LogP contribution in [0.2, 0.25) is 5.15 Å². The van der Waals surface area contributed by atoms with Gasteiger partial charge in [0, 0.05) is 17.7 Å². The van der Waals surface area contributed by atoms with Gasteiger partial charge in [0.25, 0.3) is 5.69 Å². The lowest BCUT2D eigenvalue weighted by Crippen LogP contribution is -2.04. The van der Waals surface area contributed by atoms with Crippen molar-refractivity contribution in [1.82, 2.24) is 19.9 Å². The minimum absolute atomic E-state index is 0.0292. The second kappa shape index (κ2) is 5.04. The number of benzene rings is 1. The molecule has 1 aromatic carbocycles. The van der Waals surface area contributed by atoms with Crippen LogP contribution in [0.3, 0.4) is 0 Å². The van der Waals surface area contributed by atoms with Gasteiger partial charge in [-0.3, -0.25) is 10.1 Å². The van der Waals surface area contributed by atoms with Gasteiger partial charge in [0.15, 0.2) is 22.1 Å². The molecule has 0 fully saturated rings. The van der Waals surface area contributed by atoms with E-state index in [0.717, 1.165) is 0 Å². The van der Waals surface area contributed by atoms with E-state index in [2.05, 4.69) is 19.9 Å². The summed E-state index contributed by atoms with van der Waals surface area (Å²) in [5, 5.41) is 10.8. The minimum Gasteiger partial charge on any atom is -0.382 e. The third-order valence-corrected chi connectivity index (χ3v) is 3.15. The van der Waals surface area contributed by atoms with Gasteiger partial charge in [0.1, 0.15) is 5.69 Å². The average Bonchev–Trinajstić information content (AvgIpc) is 2.46. The number of nitro groups is 1. The highest BCUT2D eigenvalue weighted by Gasteiger charge is 2.14. The lowest BCUT2D eigenvalue weighted by atomic mass is 10.1. The third-order valence-electron chi connectivity index (χ3n) is 2.88. The first kappa shape index (κ1) is 13.9. The van der Waals surface area contributed by atoms with Gasteiger partial charge < -0.3 is 11.5 Å². The Morgan fingerprint density at radius 2 is 1.73 bits per heavy atom. The highest BCUT2D eigenvalue weighted by molar-refractivity contribution is 6.32. The zero-order valence-electron chi connectivity index (χ0n) is 10.9.